The van der Waals surface area contributed by atoms with Gasteiger partial charge in [0, 0.05) is 30.3 Å². The molecule has 2 amide bonds. The lowest BCUT2D eigenvalue weighted by Crippen LogP contribution is -2.46. The zero-order chi connectivity index (χ0) is 31.1. The van der Waals surface area contributed by atoms with E-state index in [-0.39, 0.29) is 43.5 Å². The molecule has 5 rings (SSSR count). The summed E-state index contributed by atoms with van der Waals surface area (Å²) in [7, 11) is 0. The predicted molar refractivity (Wildman–Crippen MR) is 170 cm³/mol. The summed E-state index contributed by atoms with van der Waals surface area (Å²) in [6.07, 6.45) is 1.82. The molecular formula is C37H38N2O5. The lowest BCUT2D eigenvalue weighted by Gasteiger charge is -2.36. The van der Waals surface area contributed by atoms with Gasteiger partial charge in [-0.3, -0.25) is 14.4 Å². The molecule has 7 nitrogen and oxygen atoms in total. The molecule has 0 spiro atoms. The molecule has 1 heterocycles. The molecule has 0 bridgehead atoms. The summed E-state index contributed by atoms with van der Waals surface area (Å²) in [5, 5.41) is 19.7. The van der Waals surface area contributed by atoms with Crippen molar-refractivity contribution in [2.24, 2.45) is 0 Å². The number of nitrogens with zero attached hydrogens (tertiary/aromatic N) is 2. The number of aryl methyl sites for hydroxylation is 1. The number of hydrogen-bond acceptors (Lipinski definition) is 4. The van der Waals surface area contributed by atoms with E-state index in [1.54, 1.807) is 34.1 Å². The van der Waals surface area contributed by atoms with Crippen molar-refractivity contribution in [3.8, 4) is 11.1 Å². The van der Waals surface area contributed by atoms with Crippen LogP contribution in [-0.4, -0.2) is 63.0 Å². The van der Waals surface area contributed by atoms with Crippen LogP contribution >= 0.6 is 0 Å². The Balaban J connectivity index is 1.47. The first-order valence-electron chi connectivity index (χ1n) is 15.1. The van der Waals surface area contributed by atoms with Gasteiger partial charge in [-0.15, -0.1) is 0 Å². The second-order valence-corrected chi connectivity index (χ2v) is 11.3. The smallest absolute Gasteiger partial charge is 0.305 e. The summed E-state index contributed by atoms with van der Waals surface area (Å²) in [6, 6.07) is 31.8. The minimum absolute atomic E-state index is 0.0738. The van der Waals surface area contributed by atoms with Gasteiger partial charge in [-0.2, -0.15) is 0 Å². The molecule has 0 saturated heterocycles. The second kappa shape index (κ2) is 14.1. The maximum Gasteiger partial charge on any atom is 0.305 e. The van der Waals surface area contributed by atoms with Crippen LogP contribution in [0, 0.1) is 0 Å². The van der Waals surface area contributed by atoms with Crippen molar-refractivity contribution in [1.82, 2.24) is 9.80 Å². The molecule has 7 heteroatoms. The zero-order valence-corrected chi connectivity index (χ0v) is 24.9. The molecule has 226 valence electrons. The van der Waals surface area contributed by atoms with E-state index in [1.165, 1.54) is 0 Å². The number of amides is 2. The first-order valence-corrected chi connectivity index (χ1v) is 15.1. The van der Waals surface area contributed by atoms with Crippen LogP contribution in [0.4, 0.5) is 0 Å². The first kappa shape index (κ1) is 30.7. The van der Waals surface area contributed by atoms with Crippen molar-refractivity contribution in [3.05, 3.63) is 131 Å². The topological polar surface area (TPSA) is 98.2 Å². The lowest BCUT2D eigenvalue weighted by molar-refractivity contribution is -0.137. The number of rotatable bonds is 11. The fourth-order valence-electron chi connectivity index (χ4n) is 6.02. The number of carboxylic acid groups (broad SMARTS) is 1. The number of carboxylic acids is 1. The number of fused-ring (bicyclic) bond motifs is 1. The van der Waals surface area contributed by atoms with Gasteiger partial charge in [0.05, 0.1) is 19.1 Å². The fourth-order valence-corrected chi connectivity index (χ4v) is 6.02. The average molecular weight is 591 g/mol. The van der Waals surface area contributed by atoms with E-state index in [9.17, 15) is 24.6 Å². The summed E-state index contributed by atoms with van der Waals surface area (Å²) in [5.74, 6) is -1.45. The highest BCUT2D eigenvalue weighted by Crippen LogP contribution is 2.32. The summed E-state index contributed by atoms with van der Waals surface area (Å²) >= 11 is 0. The third-order valence-corrected chi connectivity index (χ3v) is 8.49. The minimum Gasteiger partial charge on any atom is -0.481 e. The molecule has 0 fully saturated rings. The zero-order valence-electron chi connectivity index (χ0n) is 24.9. The van der Waals surface area contributed by atoms with Crippen molar-refractivity contribution >= 4 is 17.8 Å². The van der Waals surface area contributed by atoms with E-state index in [0.717, 1.165) is 23.1 Å². The third kappa shape index (κ3) is 6.90. The Kier molecular flexibility index (Phi) is 9.87. The summed E-state index contributed by atoms with van der Waals surface area (Å²) in [5.41, 5.74) is 5.41. The molecule has 44 heavy (non-hydrogen) atoms. The SMILES string of the molecule is CC(CCc1ccccc1)N(CCC(=O)O)C(=O)c1ccccc1-c1ccccc1C(=O)N1Cc2ccccc2C[C@H]1CO. The number of benzene rings is 4. The highest BCUT2D eigenvalue weighted by atomic mass is 16.4. The van der Waals surface area contributed by atoms with E-state index >= 15 is 0 Å². The molecule has 4 aromatic rings. The Morgan fingerprint density at radius 1 is 0.818 bits per heavy atom. The third-order valence-electron chi connectivity index (χ3n) is 8.49. The van der Waals surface area contributed by atoms with Gasteiger partial charge in [0.25, 0.3) is 11.8 Å². The maximum absolute atomic E-state index is 14.2. The molecule has 0 saturated carbocycles. The summed E-state index contributed by atoms with van der Waals surface area (Å²) in [6.45, 7) is 2.25. The molecule has 0 aliphatic carbocycles. The minimum atomic E-state index is -0.969. The number of aliphatic hydroxyl groups excluding tert-OH is 1. The van der Waals surface area contributed by atoms with Crippen molar-refractivity contribution in [1.29, 1.82) is 0 Å². The fraction of sp³-hybridized carbons (Fsp3) is 0.270. The van der Waals surface area contributed by atoms with E-state index < -0.39 is 5.97 Å². The van der Waals surface area contributed by atoms with Gasteiger partial charge < -0.3 is 20.0 Å². The van der Waals surface area contributed by atoms with Crippen molar-refractivity contribution in [3.63, 3.8) is 0 Å². The Bertz CT molecular complexity index is 1620. The number of aliphatic hydroxyl groups is 1. The van der Waals surface area contributed by atoms with Crippen molar-refractivity contribution in [2.75, 3.05) is 13.2 Å². The van der Waals surface area contributed by atoms with Gasteiger partial charge in [-0.25, -0.2) is 0 Å². The van der Waals surface area contributed by atoms with Crippen LogP contribution in [-0.2, 0) is 24.2 Å². The molecule has 4 aromatic carbocycles. The van der Waals surface area contributed by atoms with Crippen LogP contribution in [0.3, 0.4) is 0 Å². The van der Waals surface area contributed by atoms with Crippen LogP contribution in [0.25, 0.3) is 11.1 Å². The quantitative estimate of drug-likeness (QED) is 0.228. The first-order chi connectivity index (χ1) is 21.4. The van der Waals surface area contributed by atoms with Gasteiger partial charge in [0.1, 0.15) is 0 Å². The van der Waals surface area contributed by atoms with Crippen molar-refractivity contribution in [2.45, 2.75) is 51.2 Å². The predicted octanol–water partition coefficient (Wildman–Crippen LogP) is 5.85. The van der Waals surface area contributed by atoms with Crippen LogP contribution in [0.1, 0.15) is 57.2 Å². The van der Waals surface area contributed by atoms with Crippen molar-refractivity contribution < 1.29 is 24.6 Å². The Labute approximate surface area is 258 Å². The molecule has 1 unspecified atom stereocenters. The van der Waals surface area contributed by atoms with E-state index in [0.29, 0.717) is 41.6 Å². The van der Waals surface area contributed by atoms with Crippen LogP contribution in [0.5, 0.6) is 0 Å². The number of carbonyl (C=O) groups excluding carboxylic acids is 2. The molecule has 2 atom stereocenters. The molecule has 2 N–H and O–H groups in total. The average Bonchev–Trinajstić information content (AvgIpc) is 3.06. The van der Waals surface area contributed by atoms with Crippen LogP contribution < -0.4 is 0 Å². The maximum atomic E-state index is 14.2. The Morgan fingerprint density at radius 2 is 1.41 bits per heavy atom. The van der Waals surface area contributed by atoms with E-state index in [4.69, 9.17) is 0 Å². The van der Waals surface area contributed by atoms with Gasteiger partial charge in [-0.1, -0.05) is 91.0 Å². The molecule has 1 aliphatic heterocycles. The monoisotopic (exact) mass is 590 g/mol. The highest BCUT2D eigenvalue weighted by molar-refractivity contribution is 6.06. The van der Waals surface area contributed by atoms with Gasteiger partial charge >= 0.3 is 5.97 Å². The van der Waals surface area contributed by atoms with E-state index in [2.05, 4.69) is 0 Å². The normalized spacial score (nSPS) is 14.9. The van der Waals surface area contributed by atoms with Crippen LogP contribution in [0.2, 0.25) is 0 Å². The number of hydrogen-bond donors (Lipinski definition) is 2. The van der Waals surface area contributed by atoms with Gasteiger partial charge in [0.2, 0.25) is 0 Å². The lowest BCUT2D eigenvalue weighted by atomic mass is 9.91. The Hall–Kier alpha value is -4.75. The van der Waals surface area contributed by atoms with E-state index in [1.807, 2.05) is 85.8 Å². The molecule has 0 aromatic heterocycles. The molecular weight excluding hydrogens is 552 g/mol. The Morgan fingerprint density at radius 3 is 2.09 bits per heavy atom. The van der Waals surface area contributed by atoms with Gasteiger partial charge in [0.15, 0.2) is 0 Å². The number of carbonyl (C=O) groups is 3. The standard InChI is InChI=1S/C37H38N2O5/c1-26(19-20-27-11-3-2-4-12-27)38(22-21-35(41)42)36(43)33-17-9-7-15-31(33)32-16-8-10-18-34(32)37(44)39-24-29-14-6-5-13-28(29)23-30(39)25-40/h2-18,26,30,40H,19-25H2,1H3,(H,41,42)/t26?,30-/m0/s1. The number of aliphatic carboxylic acids is 1. The molecule has 1 aliphatic rings. The molecule has 0 radical (unpaired) electrons. The van der Waals surface area contributed by atoms with Gasteiger partial charge in [-0.05, 0) is 66.1 Å². The van der Waals surface area contributed by atoms with Crippen LogP contribution in [0.15, 0.2) is 103 Å². The second-order valence-electron chi connectivity index (χ2n) is 11.3. The largest absolute Gasteiger partial charge is 0.481 e. The highest BCUT2D eigenvalue weighted by Gasteiger charge is 2.32. The summed E-state index contributed by atoms with van der Waals surface area (Å²) < 4.78 is 0. The summed E-state index contributed by atoms with van der Waals surface area (Å²) in [4.78, 5) is 43.3.